The van der Waals surface area contributed by atoms with E-state index in [9.17, 15) is 24.5 Å². The maximum absolute atomic E-state index is 12.4. The molecule has 3 aromatic carbocycles. The minimum Gasteiger partial charge on any atom is -0.416 e. The smallest absolute Gasteiger partial charge is 0.343 e. The lowest BCUT2D eigenvalue weighted by molar-refractivity contribution is -0.385. The number of carbonyl (C=O) groups excluding carboxylic acids is 3. The SMILES string of the molecule is Cc1cccc(C(=O)Oc2ccc(/C=N/N3C(=O)c4ccccc4C3=O)cc2[N+](=O)[O-])c1. The van der Waals surface area contributed by atoms with Gasteiger partial charge < -0.3 is 4.74 Å². The van der Waals surface area contributed by atoms with Crippen molar-refractivity contribution in [2.45, 2.75) is 6.92 Å². The maximum Gasteiger partial charge on any atom is 0.343 e. The van der Waals surface area contributed by atoms with Crippen LogP contribution in [0.4, 0.5) is 5.69 Å². The Balaban J connectivity index is 1.57. The number of imide groups is 1. The summed E-state index contributed by atoms with van der Waals surface area (Å²) in [5, 5.41) is 16.1. The van der Waals surface area contributed by atoms with Crippen LogP contribution in [0.5, 0.6) is 5.75 Å². The zero-order chi connectivity index (χ0) is 22.8. The molecule has 0 atom stereocenters. The third-order valence-electron chi connectivity index (χ3n) is 4.73. The standard InChI is InChI=1S/C23H15N3O6/c1-14-5-4-6-16(11-14)23(29)32-20-10-9-15(12-19(20)26(30)31)13-24-25-21(27)17-7-2-3-8-18(17)22(25)28/h2-13H,1H3/b24-13+. The van der Waals surface area contributed by atoms with E-state index in [0.717, 1.165) is 17.8 Å². The second-order valence-electron chi connectivity index (χ2n) is 6.96. The van der Waals surface area contributed by atoms with E-state index in [1.165, 1.54) is 24.3 Å². The highest BCUT2D eigenvalue weighted by molar-refractivity contribution is 6.21. The van der Waals surface area contributed by atoms with Crippen LogP contribution >= 0.6 is 0 Å². The minimum atomic E-state index is -0.732. The Morgan fingerprint density at radius 2 is 1.69 bits per heavy atom. The average Bonchev–Trinajstić information content (AvgIpc) is 3.03. The molecule has 0 fully saturated rings. The number of nitrogens with zero attached hydrogens (tertiary/aromatic N) is 3. The molecule has 0 aromatic heterocycles. The van der Waals surface area contributed by atoms with Gasteiger partial charge in [-0.3, -0.25) is 19.7 Å². The van der Waals surface area contributed by atoms with E-state index in [0.29, 0.717) is 5.01 Å². The zero-order valence-electron chi connectivity index (χ0n) is 16.7. The Morgan fingerprint density at radius 3 is 2.31 bits per heavy atom. The number of benzene rings is 3. The summed E-state index contributed by atoms with van der Waals surface area (Å²) >= 11 is 0. The fraction of sp³-hybridized carbons (Fsp3) is 0.0435. The zero-order valence-corrected chi connectivity index (χ0v) is 16.7. The first-order chi connectivity index (χ1) is 15.3. The van der Waals surface area contributed by atoms with Crippen LogP contribution in [0.2, 0.25) is 0 Å². The first-order valence-corrected chi connectivity index (χ1v) is 9.44. The lowest BCUT2D eigenvalue weighted by Crippen LogP contribution is -2.24. The van der Waals surface area contributed by atoms with Crippen molar-refractivity contribution in [1.82, 2.24) is 5.01 Å². The quantitative estimate of drug-likeness (QED) is 0.152. The summed E-state index contributed by atoms with van der Waals surface area (Å²) < 4.78 is 5.21. The van der Waals surface area contributed by atoms with Gasteiger partial charge in [-0.15, -0.1) is 0 Å². The van der Waals surface area contributed by atoms with Crippen LogP contribution in [-0.4, -0.2) is 33.9 Å². The number of hydrogen-bond donors (Lipinski definition) is 0. The van der Waals surface area contributed by atoms with Gasteiger partial charge in [-0.2, -0.15) is 10.1 Å². The molecule has 1 aliphatic heterocycles. The number of nitro benzene ring substituents is 1. The number of hydrazone groups is 1. The normalized spacial score (nSPS) is 12.8. The molecule has 32 heavy (non-hydrogen) atoms. The Labute approximate surface area is 181 Å². The Morgan fingerprint density at radius 1 is 1.00 bits per heavy atom. The second kappa shape index (κ2) is 8.23. The van der Waals surface area contributed by atoms with E-state index >= 15 is 0 Å². The van der Waals surface area contributed by atoms with Gasteiger partial charge >= 0.3 is 11.7 Å². The lowest BCUT2D eigenvalue weighted by atomic mass is 10.1. The Bertz CT molecular complexity index is 1280. The molecule has 158 valence electrons. The molecule has 1 heterocycles. The van der Waals surface area contributed by atoms with Crippen molar-refractivity contribution >= 4 is 29.7 Å². The third-order valence-corrected chi connectivity index (χ3v) is 4.73. The molecule has 0 saturated carbocycles. The first-order valence-electron chi connectivity index (χ1n) is 9.44. The van der Waals surface area contributed by atoms with E-state index in [1.54, 1.807) is 30.3 Å². The van der Waals surface area contributed by atoms with Crippen LogP contribution < -0.4 is 4.74 Å². The molecule has 0 unspecified atom stereocenters. The molecular weight excluding hydrogens is 414 g/mol. The van der Waals surface area contributed by atoms with Gasteiger partial charge in [-0.05, 0) is 43.3 Å². The van der Waals surface area contributed by atoms with Gasteiger partial charge in [0.25, 0.3) is 11.8 Å². The van der Waals surface area contributed by atoms with Crippen molar-refractivity contribution < 1.29 is 24.0 Å². The van der Waals surface area contributed by atoms with Gasteiger partial charge in [0.2, 0.25) is 5.75 Å². The number of nitro groups is 1. The van der Waals surface area contributed by atoms with Crippen molar-refractivity contribution in [1.29, 1.82) is 0 Å². The Kier molecular flexibility index (Phi) is 5.30. The summed E-state index contributed by atoms with van der Waals surface area (Å²) in [5.74, 6) is -2.14. The number of amides is 2. The summed E-state index contributed by atoms with van der Waals surface area (Å²) in [5.41, 5.74) is 1.35. The van der Waals surface area contributed by atoms with E-state index in [4.69, 9.17) is 4.74 Å². The molecule has 0 spiro atoms. The van der Waals surface area contributed by atoms with Crippen LogP contribution in [0.15, 0.2) is 71.8 Å². The van der Waals surface area contributed by atoms with E-state index < -0.39 is 28.4 Å². The van der Waals surface area contributed by atoms with Gasteiger partial charge in [-0.1, -0.05) is 29.8 Å². The van der Waals surface area contributed by atoms with E-state index in [-0.39, 0.29) is 28.0 Å². The number of esters is 1. The molecule has 9 nitrogen and oxygen atoms in total. The van der Waals surface area contributed by atoms with Gasteiger partial charge in [0.1, 0.15) is 0 Å². The molecule has 0 radical (unpaired) electrons. The van der Waals surface area contributed by atoms with Crippen LogP contribution in [0, 0.1) is 17.0 Å². The van der Waals surface area contributed by atoms with Crippen molar-refractivity contribution in [3.05, 3.63) is 105 Å². The molecule has 0 bridgehead atoms. The third kappa shape index (κ3) is 3.86. The number of hydrogen-bond acceptors (Lipinski definition) is 7. The fourth-order valence-corrected chi connectivity index (χ4v) is 3.18. The second-order valence-corrected chi connectivity index (χ2v) is 6.96. The topological polar surface area (TPSA) is 119 Å². The van der Waals surface area contributed by atoms with Crippen molar-refractivity contribution in [3.63, 3.8) is 0 Å². The number of aryl methyl sites for hydroxylation is 1. The number of ether oxygens (including phenoxy) is 1. The molecular formula is C23H15N3O6. The number of rotatable bonds is 5. The van der Waals surface area contributed by atoms with Crippen LogP contribution in [0.3, 0.4) is 0 Å². The summed E-state index contributed by atoms with van der Waals surface area (Å²) in [6.45, 7) is 1.81. The number of carbonyl (C=O) groups is 3. The predicted molar refractivity (Wildman–Crippen MR) is 114 cm³/mol. The fourth-order valence-electron chi connectivity index (χ4n) is 3.18. The van der Waals surface area contributed by atoms with Gasteiger partial charge in [0.15, 0.2) is 0 Å². The molecule has 0 saturated heterocycles. The summed E-state index contributed by atoms with van der Waals surface area (Å²) in [6.07, 6.45) is 1.15. The highest BCUT2D eigenvalue weighted by Crippen LogP contribution is 2.29. The number of fused-ring (bicyclic) bond motifs is 1. The molecule has 3 aromatic rings. The largest absolute Gasteiger partial charge is 0.416 e. The molecule has 4 rings (SSSR count). The van der Waals surface area contributed by atoms with Crippen molar-refractivity contribution in [2.24, 2.45) is 5.10 Å². The summed E-state index contributed by atoms with van der Waals surface area (Å²) in [6, 6.07) is 16.8. The van der Waals surface area contributed by atoms with Gasteiger partial charge in [0.05, 0.1) is 27.8 Å². The summed E-state index contributed by atoms with van der Waals surface area (Å²) in [4.78, 5) is 47.9. The first kappa shape index (κ1) is 20.6. The lowest BCUT2D eigenvalue weighted by Gasteiger charge is -2.07. The van der Waals surface area contributed by atoms with E-state index in [1.807, 2.05) is 13.0 Å². The highest BCUT2D eigenvalue weighted by atomic mass is 16.6. The van der Waals surface area contributed by atoms with E-state index in [2.05, 4.69) is 5.10 Å². The maximum atomic E-state index is 12.4. The molecule has 1 aliphatic rings. The molecule has 0 aliphatic carbocycles. The monoisotopic (exact) mass is 429 g/mol. The van der Waals surface area contributed by atoms with Gasteiger partial charge in [0, 0.05) is 11.6 Å². The van der Waals surface area contributed by atoms with Crippen molar-refractivity contribution in [3.8, 4) is 5.75 Å². The molecule has 9 heteroatoms. The highest BCUT2D eigenvalue weighted by Gasteiger charge is 2.35. The predicted octanol–water partition coefficient (Wildman–Crippen LogP) is 3.75. The van der Waals surface area contributed by atoms with Crippen LogP contribution in [0.25, 0.3) is 0 Å². The molecule has 0 N–H and O–H groups in total. The average molecular weight is 429 g/mol. The minimum absolute atomic E-state index is 0.235. The van der Waals surface area contributed by atoms with Gasteiger partial charge in [-0.25, -0.2) is 4.79 Å². The van der Waals surface area contributed by atoms with Crippen molar-refractivity contribution in [2.75, 3.05) is 0 Å². The molecule has 2 amide bonds. The summed E-state index contributed by atoms with van der Waals surface area (Å²) in [7, 11) is 0. The van der Waals surface area contributed by atoms with Crippen LogP contribution in [-0.2, 0) is 0 Å². The van der Waals surface area contributed by atoms with Crippen LogP contribution in [0.1, 0.15) is 42.2 Å². The Hall–Kier alpha value is -4.66.